The van der Waals surface area contributed by atoms with Crippen LogP contribution in [0, 0.1) is 0 Å². The molecule has 0 aliphatic rings. The topological polar surface area (TPSA) is 25.2 Å². The van der Waals surface area contributed by atoms with Gasteiger partial charge in [0.15, 0.2) is 5.78 Å². The van der Waals surface area contributed by atoms with Gasteiger partial charge in [0.2, 0.25) is 0 Å². The second kappa shape index (κ2) is 9.24. The highest BCUT2D eigenvalue weighted by atomic mass is 16.1. The lowest BCUT2D eigenvalue weighted by Gasteiger charge is -2.12. The fourth-order valence-electron chi connectivity index (χ4n) is 4.34. The van der Waals surface area contributed by atoms with E-state index in [9.17, 15) is 4.79 Å². The second-order valence-electron chi connectivity index (χ2n) is 8.46. The largest absolute Gasteiger partial charge is 0.378 e. The maximum absolute atomic E-state index is 13.1. The van der Waals surface area contributed by atoms with Gasteiger partial charge in [-0.1, -0.05) is 66.7 Å². The summed E-state index contributed by atoms with van der Waals surface area (Å²) in [6.45, 7) is 0. The number of para-hydroxylation sites is 2. The van der Waals surface area contributed by atoms with Gasteiger partial charge in [0, 0.05) is 42.0 Å². The number of hydrogen-bond donors (Lipinski definition) is 0. The Morgan fingerprint density at radius 3 is 2.03 bits per heavy atom. The number of rotatable bonds is 6. The first-order chi connectivity index (χ1) is 16.6. The summed E-state index contributed by atoms with van der Waals surface area (Å²) in [4.78, 5) is 15.1. The molecule has 166 valence electrons. The number of carbonyl (C=O) groups is 1. The van der Waals surface area contributed by atoms with Crippen molar-refractivity contribution in [3.8, 4) is 16.9 Å². The van der Waals surface area contributed by atoms with Crippen LogP contribution in [-0.2, 0) is 0 Å². The first-order valence-corrected chi connectivity index (χ1v) is 11.4. The van der Waals surface area contributed by atoms with Crippen LogP contribution in [0.1, 0.15) is 15.9 Å². The van der Waals surface area contributed by atoms with Gasteiger partial charge < -0.3 is 9.47 Å². The predicted octanol–water partition coefficient (Wildman–Crippen LogP) is 7.26. The van der Waals surface area contributed by atoms with Crippen LogP contribution in [0.25, 0.3) is 33.9 Å². The summed E-state index contributed by atoms with van der Waals surface area (Å²) in [5.74, 6) is -0.0131. The summed E-state index contributed by atoms with van der Waals surface area (Å²) in [5.41, 5.74) is 7.14. The molecular weight excluding hydrogens is 416 g/mol. The van der Waals surface area contributed by atoms with Gasteiger partial charge in [-0.15, -0.1) is 0 Å². The Morgan fingerprint density at radius 2 is 1.35 bits per heavy atom. The standard InChI is InChI=1S/C31H26N2O/c1-32(2)25-19-17-23(18-20-25)30(34)22-21-28-27-15-9-10-16-29(27)33(26-13-7-4-8-14-26)31(28)24-11-5-3-6-12-24/h3-22H,1-2H3/b22-21+. The average Bonchev–Trinajstić information content (AvgIpc) is 3.22. The van der Waals surface area contributed by atoms with Crippen LogP contribution in [0.2, 0.25) is 0 Å². The fourth-order valence-corrected chi connectivity index (χ4v) is 4.34. The molecule has 3 heteroatoms. The monoisotopic (exact) mass is 442 g/mol. The summed E-state index contributed by atoms with van der Waals surface area (Å²) in [5, 5.41) is 1.11. The van der Waals surface area contributed by atoms with Gasteiger partial charge in [0.1, 0.15) is 0 Å². The molecule has 5 aromatic rings. The Morgan fingerprint density at radius 1 is 0.735 bits per heavy atom. The number of aromatic nitrogens is 1. The van der Waals surface area contributed by atoms with Crippen LogP contribution >= 0.6 is 0 Å². The number of allylic oxidation sites excluding steroid dienone is 1. The first kappa shape index (κ1) is 21.5. The summed E-state index contributed by atoms with van der Waals surface area (Å²) in [6.07, 6.45) is 3.65. The Labute approximate surface area is 200 Å². The average molecular weight is 443 g/mol. The highest BCUT2D eigenvalue weighted by Gasteiger charge is 2.18. The van der Waals surface area contributed by atoms with E-state index in [0.717, 1.165) is 39.1 Å². The normalized spacial score (nSPS) is 11.2. The molecular formula is C31H26N2O. The summed E-state index contributed by atoms with van der Waals surface area (Å²) in [6, 6.07) is 36.8. The van der Waals surface area contributed by atoms with Crippen LogP contribution in [-0.4, -0.2) is 24.4 Å². The highest BCUT2D eigenvalue weighted by Crippen LogP contribution is 2.37. The number of anilines is 1. The second-order valence-corrected chi connectivity index (χ2v) is 8.46. The molecule has 0 bridgehead atoms. The Bertz CT molecular complexity index is 1460. The van der Waals surface area contributed by atoms with Crippen molar-refractivity contribution in [1.82, 2.24) is 4.57 Å². The smallest absolute Gasteiger partial charge is 0.185 e. The summed E-state index contributed by atoms with van der Waals surface area (Å²) < 4.78 is 2.28. The molecule has 0 fully saturated rings. The number of carbonyl (C=O) groups excluding carboxylic acids is 1. The lowest BCUT2D eigenvalue weighted by Crippen LogP contribution is -2.08. The molecule has 5 rings (SSSR count). The fraction of sp³-hybridized carbons (Fsp3) is 0.0645. The maximum atomic E-state index is 13.1. The molecule has 34 heavy (non-hydrogen) atoms. The van der Waals surface area contributed by atoms with E-state index in [0.29, 0.717) is 5.56 Å². The van der Waals surface area contributed by atoms with Gasteiger partial charge in [-0.25, -0.2) is 0 Å². The van der Waals surface area contributed by atoms with Gasteiger partial charge in [0.05, 0.1) is 11.2 Å². The number of benzene rings is 4. The molecule has 0 spiro atoms. The van der Waals surface area contributed by atoms with E-state index >= 15 is 0 Å². The van der Waals surface area contributed by atoms with Crippen LogP contribution < -0.4 is 4.90 Å². The van der Waals surface area contributed by atoms with Crippen molar-refractivity contribution in [3.05, 3.63) is 126 Å². The van der Waals surface area contributed by atoms with Gasteiger partial charge in [0.25, 0.3) is 0 Å². The van der Waals surface area contributed by atoms with E-state index in [2.05, 4.69) is 59.2 Å². The van der Waals surface area contributed by atoms with Crippen molar-refractivity contribution in [2.45, 2.75) is 0 Å². The lowest BCUT2D eigenvalue weighted by atomic mass is 10.0. The van der Waals surface area contributed by atoms with Crippen LogP contribution in [0.3, 0.4) is 0 Å². The van der Waals surface area contributed by atoms with E-state index in [4.69, 9.17) is 0 Å². The Hall–Kier alpha value is -4.37. The van der Waals surface area contributed by atoms with Crippen molar-refractivity contribution < 1.29 is 4.79 Å². The van der Waals surface area contributed by atoms with E-state index in [1.165, 1.54) is 0 Å². The summed E-state index contributed by atoms with van der Waals surface area (Å²) >= 11 is 0. The Kier molecular flexibility index (Phi) is 5.84. The molecule has 4 aromatic carbocycles. The molecule has 0 radical (unpaired) electrons. The van der Waals surface area contributed by atoms with Crippen molar-refractivity contribution in [1.29, 1.82) is 0 Å². The van der Waals surface area contributed by atoms with Crippen molar-refractivity contribution >= 4 is 28.4 Å². The third-order valence-electron chi connectivity index (χ3n) is 6.05. The third kappa shape index (κ3) is 4.04. The zero-order valence-electron chi connectivity index (χ0n) is 19.3. The molecule has 0 unspecified atom stereocenters. The minimum absolute atomic E-state index is 0.0131. The van der Waals surface area contributed by atoms with Crippen molar-refractivity contribution in [3.63, 3.8) is 0 Å². The van der Waals surface area contributed by atoms with E-state index in [-0.39, 0.29) is 5.78 Å². The molecule has 1 aromatic heterocycles. The first-order valence-electron chi connectivity index (χ1n) is 11.4. The van der Waals surface area contributed by atoms with Gasteiger partial charge >= 0.3 is 0 Å². The molecule has 3 nitrogen and oxygen atoms in total. The van der Waals surface area contributed by atoms with Crippen molar-refractivity contribution in [2.24, 2.45) is 0 Å². The quantitative estimate of drug-likeness (QED) is 0.204. The highest BCUT2D eigenvalue weighted by molar-refractivity contribution is 6.09. The Balaban J connectivity index is 1.67. The number of nitrogens with zero attached hydrogens (tertiary/aromatic N) is 2. The van der Waals surface area contributed by atoms with E-state index < -0.39 is 0 Å². The molecule has 0 saturated carbocycles. The van der Waals surface area contributed by atoms with Gasteiger partial charge in [-0.05, 0) is 60.2 Å². The lowest BCUT2D eigenvalue weighted by molar-refractivity contribution is 0.104. The zero-order chi connectivity index (χ0) is 23.5. The minimum atomic E-state index is -0.0131. The number of hydrogen-bond acceptors (Lipinski definition) is 2. The summed E-state index contributed by atoms with van der Waals surface area (Å²) in [7, 11) is 3.98. The number of ketones is 1. The zero-order valence-corrected chi connectivity index (χ0v) is 19.3. The minimum Gasteiger partial charge on any atom is -0.378 e. The van der Waals surface area contributed by atoms with Crippen molar-refractivity contribution in [2.75, 3.05) is 19.0 Å². The SMILES string of the molecule is CN(C)c1ccc(C(=O)/C=C/c2c(-c3ccccc3)n(-c3ccccc3)c3ccccc23)cc1. The van der Waals surface area contributed by atoms with Crippen LogP contribution in [0.5, 0.6) is 0 Å². The maximum Gasteiger partial charge on any atom is 0.185 e. The molecule has 1 heterocycles. The molecule has 0 atom stereocenters. The van der Waals surface area contributed by atoms with Crippen LogP contribution in [0.15, 0.2) is 115 Å². The van der Waals surface area contributed by atoms with Crippen LogP contribution in [0.4, 0.5) is 5.69 Å². The molecule has 0 aliphatic carbocycles. The molecule has 0 aliphatic heterocycles. The van der Waals surface area contributed by atoms with E-state index in [1.54, 1.807) is 6.08 Å². The van der Waals surface area contributed by atoms with E-state index in [1.807, 2.05) is 79.7 Å². The molecule has 0 saturated heterocycles. The van der Waals surface area contributed by atoms with Gasteiger partial charge in [-0.3, -0.25) is 4.79 Å². The van der Waals surface area contributed by atoms with Gasteiger partial charge in [-0.2, -0.15) is 0 Å². The molecule has 0 amide bonds. The predicted molar refractivity (Wildman–Crippen MR) is 143 cm³/mol. The number of fused-ring (bicyclic) bond motifs is 1. The molecule has 0 N–H and O–H groups in total. The third-order valence-corrected chi connectivity index (χ3v) is 6.05.